The molecule has 2 rings (SSSR count). The van der Waals surface area contributed by atoms with Gasteiger partial charge in [0.05, 0.1) is 0 Å². The zero-order valence-corrected chi connectivity index (χ0v) is 11.5. The first-order chi connectivity index (χ1) is 7.65. The summed E-state index contributed by atoms with van der Waals surface area (Å²) in [6.45, 7) is 5.53. The third kappa shape index (κ3) is 3.06. The molecule has 0 spiro atoms. The quantitative estimate of drug-likeness (QED) is 0.895. The SMILES string of the molecule is Cc1ccc(CC2CN(C)CCN2)c(Br)c1. The molecule has 1 heterocycles. The Morgan fingerprint density at radius 3 is 3.00 bits per heavy atom. The normalized spacial score (nSPS) is 22.3. The lowest BCUT2D eigenvalue weighted by molar-refractivity contribution is 0.238. The number of hydrogen-bond acceptors (Lipinski definition) is 2. The molecule has 1 N–H and O–H groups in total. The van der Waals surface area contributed by atoms with Crippen LogP contribution in [0.4, 0.5) is 0 Å². The van der Waals surface area contributed by atoms with E-state index < -0.39 is 0 Å². The fourth-order valence-electron chi connectivity index (χ4n) is 2.21. The van der Waals surface area contributed by atoms with Gasteiger partial charge in [0.15, 0.2) is 0 Å². The van der Waals surface area contributed by atoms with Crippen molar-refractivity contribution in [3.05, 3.63) is 33.8 Å². The Morgan fingerprint density at radius 1 is 1.50 bits per heavy atom. The van der Waals surface area contributed by atoms with Crippen molar-refractivity contribution in [1.82, 2.24) is 10.2 Å². The van der Waals surface area contributed by atoms with Crippen molar-refractivity contribution in [3.8, 4) is 0 Å². The molecule has 1 aromatic carbocycles. The zero-order valence-electron chi connectivity index (χ0n) is 9.96. The van der Waals surface area contributed by atoms with Gasteiger partial charge in [0, 0.05) is 30.1 Å². The maximum absolute atomic E-state index is 3.65. The number of likely N-dealkylation sites (N-methyl/N-ethyl adjacent to an activating group) is 1. The van der Waals surface area contributed by atoms with Gasteiger partial charge in [0.25, 0.3) is 0 Å². The minimum absolute atomic E-state index is 0.581. The van der Waals surface area contributed by atoms with Crippen LogP contribution in [0.15, 0.2) is 22.7 Å². The zero-order chi connectivity index (χ0) is 11.5. The second-order valence-corrected chi connectivity index (χ2v) is 5.57. The summed E-state index contributed by atoms with van der Waals surface area (Å²) >= 11 is 3.65. The topological polar surface area (TPSA) is 15.3 Å². The van der Waals surface area contributed by atoms with Gasteiger partial charge >= 0.3 is 0 Å². The van der Waals surface area contributed by atoms with E-state index in [-0.39, 0.29) is 0 Å². The van der Waals surface area contributed by atoms with Crippen molar-refractivity contribution in [2.24, 2.45) is 0 Å². The molecule has 0 radical (unpaired) electrons. The summed E-state index contributed by atoms with van der Waals surface area (Å²) in [6.07, 6.45) is 1.10. The van der Waals surface area contributed by atoms with Crippen molar-refractivity contribution >= 4 is 15.9 Å². The molecule has 1 atom stereocenters. The summed E-state index contributed by atoms with van der Waals surface area (Å²) in [5.41, 5.74) is 2.71. The van der Waals surface area contributed by atoms with E-state index in [9.17, 15) is 0 Å². The third-order valence-corrected chi connectivity index (χ3v) is 3.87. The molecule has 3 heteroatoms. The Morgan fingerprint density at radius 2 is 2.31 bits per heavy atom. The maximum atomic E-state index is 3.65. The lowest BCUT2D eigenvalue weighted by atomic mass is 10.0. The van der Waals surface area contributed by atoms with Crippen molar-refractivity contribution < 1.29 is 0 Å². The first-order valence-corrected chi connectivity index (χ1v) is 6.61. The van der Waals surface area contributed by atoms with Crippen LogP contribution < -0.4 is 5.32 Å². The number of nitrogens with one attached hydrogen (secondary N) is 1. The van der Waals surface area contributed by atoms with Gasteiger partial charge in [-0.2, -0.15) is 0 Å². The van der Waals surface area contributed by atoms with E-state index in [1.165, 1.54) is 15.6 Å². The standard InChI is InChI=1S/C13H19BrN2/c1-10-3-4-11(13(14)7-10)8-12-9-16(2)6-5-15-12/h3-4,7,12,15H,5-6,8-9H2,1-2H3. The molecule has 1 aliphatic rings. The lowest BCUT2D eigenvalue weighted by Crippen LogP contribution is -2.49. The summed E-state index contributed by atoms with van der Waals surface area (Å²) in [5, 5.41) is 3.58. The highest BCUT2D eigenvalue weighted by atomic mass is 79.9. The van der Waals surface area contributed by atoms with Gasteiger partial charge in [0.1, 0.15) is 0 Å². The number of benzene rings is 1. The van der Waals surface area contributed by atoms with Crippen LogP contribution in [-0.4, -0.2) is 37.6 Å². The molecule has 1 aliphatic heterocycles. The number of rotatable bonds is 2. The summed E-state index contributed by atoms with van der Waals surface area (Å²) < 4.78 is 1.24. The molecule has 1 aromatic rings. The third-order valence-electron chi connectivity index (χ3n) is 3.13. The van der Waals surface area contributed by atoms with Gasteiger partial charge < -0.3 is 10.2 Å². The number of halogens is 1. The highest BCUT2D eigenvalue weighted by Crippen LogP contribution is 2.20. The molecule has 16 heavy (non-hydrogen) atoms. The van der Waals surface area contributed by atoms with Crippen LogP contribution in [0.25, 0.3) is 0 Å². The molecule has 0 amide bonds. The van der Waals surface area contributed by atoms with Gasteiger partial charge in [-0.15, -0.1) is 0 Å². The highest BCUT2D eigenvalue weighted by molar-refractivity contribution is 9.10. The van der Waals surface area contributed by atoms with E-state index in [2.05, 4.69) is 58.3 Å². The Labute approximate surface area is 106 Å². The number of piperazine rings is 1. The van der Waals surface area contributed by atoms with E-state index >= 15 is 0 Å². The smallest absolute Gasteiger partial charge is 0.0236 e. The van der Waals surface area contributed by atoms with Crippen molar-refractivity contribution in [2.75, 3.05) is 26.7 Å². The van der Waals surface area contributed by atoms with Crippen LogP contribution in [0.3, 0.4) is 0 Å². The monoisotopic (exact) mass is 282 g/mol. The van der Waals surface area contributed by atoms with Crippen molar-refractivity contribution in [1.29, 1.82) is 0 Å². The van der Waals surface area contributed by atoms with E-state index in [1.54, 1.807) is 0 Å². The van der Waals surface area contributed by atoms with E-state index in [4.69, 9.17) is 0 Å². The van der Waals surface area contributed by atoms with Crippen LogP contribution in [0.1, 0.15) is 11.1 Å². The molecule has 1 saturated heterocycles. The molecule has 0 bridgehead atoms. The molecule has 0 aliphatic carbocycles. The van der Waals surface area contributed by atoms with Crippen LogP contribution in [0.5, 0.6) is 0 Å². The molecule has 0 saturated carbocycles. The first-order valence-electron chi connectivity index (χ1n) is 5.82. The van der Waals surface area contributed by atoms with Crippen LogP contribution in [-0.2, 0) is 6.42 Å². The lowest BCUT2D eigenvalue weighted by Gasteiger charge is -2.31. The van der Waals surface area contributed by atoms with Gasteiger partial charge in [-0.05, 0) is 37.6 Å². The minimum atomic E-state index is 0.581. The van der Waals surface area contributed by atoms with Crippen molar-refractivity contribution in [3.63, 3.8) is 0 Å². The Bertz CT molecular complexity index is 365. The second kappa shape index (κ2) is 5.30. The van der Waals surface area contributed by atoms with Gasteiger partial charge in [0.2, 0.25) is 0 Å². The van der Waals surface area contributed by atoms with Gasteiger partial charge in [-0.1, -0.05) is 28.1 Å². The predicted octanol–water partition coefficient (Wildman–Crippen LogP) is 2.20. The minimum Gasteiger partial charge on any atom is -0.311 e. The Kier molecular flexibility index (Phi) is 4.00. The van der Waals surface area contributed by atoms with E-state index in [0.717, 1.165) is 26.1 Å². The molecule has 88 valence electrons. The molecular weight excluding hydrogens is 264 g/mol. The molecular formula is C13H19BrN2. The average Bonchev–Trinajstić information content (AvgIpc) is 2.22. The largest absolute Gasteiger partial charge is 0.311 e. The van der Waals surface area contributed by atoms with Crippen LogP contribution in [0.2, 0.25) is 0 Å². The maximum Gasteiger partial charge on any atom is 0.0236 e. The van der Waals surface area contributed by atoms with E-state index in [0.29, 0.717) is 6.04 Å². The summed E-state index contributed by atoms with van der Waals surface area (Å²) in [5.74, 6) is 0. The average molecular weight is 283 g/mol. The highest BCUT2D eigenvalue weighted by Gasteiger charge is 2.17. The van der Waals surface area contributed by atoms with Gasteiger partial charge in [-0.25, -0.2) is 0 Å². The summed E-state index contributed by atoms with van der Waals surface area (Å²) in [4.78, 5) is 2.39. The summed E-state index contributed by atoms with van der Waals surface area (Å²) in [7, 11) is 2.19. The fraction of sp³-hybridized carbons (Fsp3) is 0.538. The Balaban J connectivity index is 2.02. The van der Waals surface area contributed by atoms with Crippen molar-refractivity contribution in [2.45, 2.75) is 19.4 Å². The number of nitrogens with zero attached hydrogens (tertiary/aromatic N) is 1. The van der Waals surface area contributed by atoms with E-state index in [1.807, 2.05) is 0 Å². The number of aryl methyl sites for hydroxylation is 1. The molecule has 1 unspecified atom stereocenters. The second-order valence-electron chi connectivity index (χ2n) is 4.71. The Hall–Kier alpha value is -0.380. The van der Waals surface area contributed by atoms with Crippen LogP contribution >= 0.6 is 15.9 Å². The molecule has 2 nitrogen and oxygen atoms in total. The summed E-state index contributed by atoms with van der Waals surface area (Å²) in [6, 6.07) is 7.20. The van der Waals surface area contributed by atoms with Gasteiger partial charge in [-0.3, -0.25) is 0 Å². The number of hydrogen-bond donors (Lipinski definition) is 1. The fourth-order valence-corrected chi connectivity index (χ4v) is 2.87. The molecule has 1 fully saturated rings. The molecule has 0 aromatic heterocycles. The predicted molar refractivity (Wildman–Crippen MR) is 71.9 cm³/mol. The van der Waals surface area contributed by atoms with Crippen LogP contribution in [0, 0.1) is 6.92 Å². The first kappa shape index (κ1) is 12.1.